The molecule has 5 nitrogen and oxygen atoms in total. The molecule has 0 aromatic heterocycles. The van der Waals surface area contributed by atoms with Crippen LogP contribution in [0.15, 0.2) is 42.5 Å². The smallest absolute Gasteiger partial charge is 0.226 e. The Kier molecular flexibility index (Phi) is 6.78. The van der Waals surface area contributed by atoms with Crippen molar-refractivity contribution in [2.24, 2.45) is 0 Å². The molecule has 1 N–H and O–H groups in total. The van der Waals surface area contributed by atoms with Gasteiger partial charge in [0.2, 0.25) is 11.8 Å². The standard InChI is InChI=1S/C21H26N2O3/c1-5-26-20-9-7-6-8-19(20)23(17(4)24)11-10-21(25)22-18-13-15(2)12-16(3)14-18/h6-9,12-14H,5,10-11H2,1-4H3,(H,22,25). The maximum absolute atomic E-state index is 12.3. The first-order valence-corrected chi connectivity index (χ1v) is 8.78. The molecule has 0 heterocycles. The van der Waals surface area contributed by atoms with Crippen LogP contribution in [0.1, 0.15) is 31.4 Å². The summed E-state index contributed by atoms with van der Waals surface area (Å²) >= 11 is 0. The molecule has 0 bridgehead atoms. The maximum Gasteiger partial charge on any atom is 0.226 e. The number of para-hydroxylation sites is 2. The maximum atomic E-state index is 12.3. The molecule has 0 aliphatic carbocycles. The number of anilines is 2. The first-order chi connectivity index (χ1) is 12.4. The number of hydrogen-bond acceptors (Lipinski definition) is 3. The summed E-state index contributed by atoms with van der Waals surface area (Å²) in [7, 11) is 0. The number of carbonyl (C=O) groups excluding carboxylic acids is 2. The van der Waals surface area contributed by atoms with Gasteiger partial charge in [-0.1, -0.05) is 18.2 Å². The number of hydrogen-bond donors (Lipinski definition) is 1. The fourth-order valence-electron chi connectivity index (χ4n) is 2.89. The van der Waals surface area contributed by atoms with Crippen molar-refractivity contribution in [3.63, 3.8) is 0 Å². The quantitative estimate of drug-likeness (QED) is 0.815. The average Bonchev–Trinajstić information content (AvgIpc) is 2.55. The second-order valence-electron chi connectivity index (χ2n) is 6.25. The van der Waals surface area contributed by atoms with Crippen LogP contribution in [0.2, 0.25) is 0 Å². The first kappa shape index (κ1) is 19.5. The van der Waals surface area contributed by atoms with Crippen molar-refractivity contribution in [3.8, 4) is 5.75 Å². The molecule has 0 spiro atoms. The lowest BCUT2D eigenvalue weighted by Crippen LogP contribution is -2.32. The third kappa shape index (κ3) is 5.34. The van der Waals surface area contributed by atoms with Crippen molar-refractivity contribution < 1.29 is 14.3 Å². The zero-order chi connectivity index (χ0) is 19.1. The summed E-state index contributed by atoms with van der Waals surface area (Å²) in [6, 6.07) is 13.3. The number of amides is 2. The average molecular weight is 354 g/mol. The van der Waals surface area contributed by atoms with Gasteiger partial charge >= 0.3 is 0 Å². The molecule has 2 rings (SSSR count). The predicted molar refractivity (Wildman–Crippen MR) is 105 cm³/mol. The second kappa shape index (κ2) is 9.04. The molecular weight excluding hydrogens is 328 g/mol. The molecule has 0 atom stereocenters. The van der Waals surface area contributed by atoms with Crippen LogP contribution in [-0.4, -0.2) is 25.0 Å². The summed E-state index contributed by atoms with van der Waals surface area (Å²) in [5, 5.41) is 2.90. The summed E-state index contributed by atoms with van der Waals surface area (Å²) in [4.78, 5) is 26.0. The van der Waals surface area contributed by atoms with E-state index in [0.29, 0.717) is 18.0 Å². The van der Waals surface area contributed by atoms with E-state index in [1.54, 1.807) is 4.90 Å². The number of rotatable bonds is 7. The van der Waals surface area contributed by atoms with E-state index in [0.717, 1.165) is 16.8 Å². The molecule has 0 fully saturated rings. The van der Waals surface area contributed by atoms with Gasteiger partial charge in [0.05, 0.1) is 12.3 Å². The Morgan fingerprint density at radius 2 is 1.73 bits per heavy atom. The monoisotopic (exact) mass is 354 g/mol. The van der Waals surface area contributed by atoms with Crippen molar-refractivity contribution in [1.82, 2.24) is 0 Å². The van der Waals surface area contributed by atoms with Gasteiger partial charge in [-0.05, 0) is 56.2 Å². The molecular formula is C21H26N2O3. The Balaban J connectivity index is 2.07. The van der Waals surface area contributed by atoms with Crippen LogP contribution in [-0.2, 0) is 9.59 Å². The van der Waals surface area contributed by atoms with Gasteiger partial charge in [-0.3, -0.25) is 9.59 Å². The van der Waals surface area contributed by atoms with Crippen molar-refractivity contribution in [3.05, 3.63) is 53.6 Å². The fraction of sp³-hybridized carbons (Fsp3) is 0.333. The number of benzene rings is 2. The number of nitrogens with zero attached hydrogens (tertiary/aromatic N) is 1. The van der Waals surface area contributed by atoms with E-state index < -0.39 is 0 Å². The zero-order valence-corrected chi connectivity index (χ0v) is 15.8. The Morgan fingerprint density at radius 3 is 2.35 bits per heavy atom. The number of ether oxygens (including phenoxy) is 1. The Morgan fingerprint density at radius 1 is 1.08 bits per heavy atom. The summed E-state index contributed by atoms with van der Waals surface area (Å²) in [6.07, 6.45) is 0.201. The summed E-state index contributed by atoms with van der Waals surface area (Å²) in [6.45, 7) is 8.17. The van der Waals surface area contributed by atoms with Crippen molar-refractivity contribution in [2.45, 2.75) is 34.1 Å². The van der Waals surface area contributed by atoms with E-state index in [9.17, 15) is 9.59 Å². The van der Waals surface area contributed by atoms with E-state index in [4.69, 9.17) is 4.74 Å². The summed E-state index contributed by atoms with van der Waals surface area (Å²) < 4.78 is 5.60. The minimum absolute atomic E-state index is 0.128. The lowest BCUT2D eigenvalue weighted by molar-refractivity contribution is -0.117. The molecule has 0 saturated heterocycles. The third-order valence-electron chi connectivity index (χ3n) is 3.90. The summed E-state index contributed by atoms with van der Waals surface area (Å²) in [5.41, 5.74) is 3.64. The van der Waals surface area contributed by atoms with Crippen molar-refractivity contribution >= 4 is 23.2 Å². The normalized spacial score (nSPS) is 10.3. The van der Waals surface area contributed by atoms with E-state index in [1.807, 2.05) is 57.2 Å². The van der Waals surface area contributed by atoms with Crippen LogP contribution >= 0.6 is 0 Å². The van der Waals surface area contributed by atoms with Crippen LogP contribution in [0.4, 0.5) is 11.4 Å². The van der Waals surface area contributed by atoms with Crippen LogP contribution < -0.4 is 15.0 Å². The van der Waals surface area contributed by atoms with Crippen LogP contribution in [0.3, 0.4) is 0 Å². The second-order valence-corrected chi connectivity index (χ2v) is 6.25. The largest absolute Gasteiger partial charge is 0.492 e. The first-order valence-electron chi connectivity index (χ1n) is 8.78. The lowest BCUT2D eigenvalue weighted by Gasteiger charge is -2.23. The predicted octanol–water partition coefficient (Wildman–Crippen LogP) is 4.08. The topological polar surface area (TPSA) is 58.6 Å². The molecule has 0 radical (unpaired) electrons. The van der Waals surface area contributed by atoms with Crippen LogP contribution in [0.25, 0.3) is 0 Å². The number of aryl methyl sites for hydroxylation is 2. The van der Waals surface area contributed by atoms with Gasteiger partial charge < -0.3 is 15.0 Å². The van der Waals surface area contributed by atoms with Crippen molar-refractivity contribution in [2.75, 3.05) is 23.4 Å². The molecule has 0 aliphatic rings. The van der Waals surface area contributed by atoms with E-state index >= 15 is 0 Å². The van der Waals surface area contributed by atoms with E-state index in [1.165, 1.54) is 6.92 Å². The highest BCUT2D eigenvalue weighted by Crippen LogP contribution is 2.28. The van der Waals surface area contributed by atoms with E-state index in [-0.39, 0.29) is 24.8 Å². The lowest BCUT2D eigenvalue weighted by atomic mass is 10.1. The van der Waals surface area contributed by atoms with Gasteiger partial charge in [0.15, 0.2) is 0 Å². The highest BCUT2D eigenvalue weighted by Gasteiger charge is 2.17. The molecule has 0 unspecified atom stereocenters. The molecule has 2 aromatic rings. The van der Waals surface area contributed by atoms with E-state index in [2.05, 4.69) is 11.4 Å². The fourth-order valence-corrected chi connectivity index (χ4v) is 2.89. The van der Waals surface area contributed by atoms with Gasteiger partial charge in [-0.2, -0.15) is 0 Å². The Bertz CT molecular complexity index is 766. The van der Waals surface area contributed by atoms with Gasteiger partial charge in [-0.25, -0.2) is 0 Å². The minimum Gasteiger partial charge on any atom is -0.492 e. The van der Waals surface area contributed by atoms with Crippen LogP contribution in [0, 0.1) is 13.8 Å². The highest BCUT2D eigenvalue weighted by molar-refractivity contribution is 5.95. The SMILES string of the molecule is CCOc1ccccc1N(CCC(=O)Nc1cc(C)cc(C)c1)C(C)=O. The van der Waals surface area contributed by atoms with Gasteiger partial charge in [0.25, 0.3) is 0 Å². The number of nitrogens with one attached hydrogen (secondary N) is 1. The zero-order valence-electron chi connectivity index (χ0n) is 15.8. The molecule has 138 valence electrons. The summed E-state index contributed by atoms with van der Waals surface area (Å²) in [5.74, 6) is 0.381. The van der Waals surface area contributed by atoms with Gasteiger partial charge in [0, 0.05) is 25.6 Å². The third-order valence-corrected chi connectivity index (χ3v) is 3.90. The molecule has 0 saturated carbocycles. The van der Waals surface area contributed by atoms with Crippen LogP contribution in [0.5, 0.6) is 5.75 Å². The highest BCUT2D eigenvalue weighted by atomic mass is 16.5. The number of carbonyl (C=O) groups is 2. The Labute approximate surface area is 155 Å². The minimum atomic E-state index is -0.129. The molecule has 0 aliphatic heterocycles. The molecule has 26 heavy (non-hydrogen) atoms. The molecule has 2 aromatic carbocycles. The molecule has 2 amide bonds. The van der Waals surface area contributed by atoms with Gasteiger partial charge in [-0.15, -0.1) is 0 Å². The molecule has 5 heteroatoms. The van der Waals surface area contributed by atoms with Crippen molar-refractivity contribution in [1.29, 1.82) is 0 Å². The Hall–Kier alpha value is -2.82. The van der Waals surface area contributed by atoms with Gasteiger partial charge in [0.1, 0.15) is 5.75 Å².